The Morgan fingerprint density at radius 1 is 0.897 bits per heavy atom. The molecule has 0 aliphatic heterocycles. The zero-order valence-electron chi connectivity index (χ0n) is 16.8. The molecule has 0 atom stereocenters. The third kappa shape index (κ3) is 4.84. The van der Waals surface area contributed by atoms with Gasteiger partial charge in [-0.15, -0.1) is 0 Å². The lowest BCUT2D eigenvalue weighted by Gasteiger charge is -2.22. The fourth-order valence-corrected chi connectivity index (χ4v) is 3.81. The van der Waals surface area contributed by atoms with Gasteiger partial charge in [0.15, 0.2) is 0 Å². The number of imidazole rings is 1. The van der Waals surface area contributed by atoms with Gasteiger partial charge in [-0.2, -0.15) is 0 Å². The van der Waals surface area contributed by atoms with E-state index in [4.69, 9.17) is 21.6 Å². The molecule has 0 fully saturated rings. The van der Waals surface area contributed by atoms with E-state index in [9.17, 15) is 0 Å². The molecule has 0 saturated carbocycles. The Balaban J connectivity index is 1.61. The maximum Gasteiger partial charge on any atom is 0.137 e. The van der Waals surface area contributed by atoms with E-state index in [2.05, 4.69) is 58.7 Å². The highest BCUT2D eigenvalue weighted by molar-refractivity contribution is 6.30. The number of fused-ring (bicyclic) bond motifs is 1. The smallest absolute Gasteiger partial charge is 0.137 e. The van der Waals surface area contributed by atoms with Crippen LogP contribution in [-0.2, 0) is 19.5 Å². The molecule has 4 aromatic rings. The molecule has 3 aromatic heterocycles. The van der Waals surface area contributed by atoms with Crippen LogP contribution >= 0.6 is 11.6 Å². The quantitative estimate of drug-likeness (QED) is 0.422. The Hall–Kier alpha value is -2.69. The lowest BCUT2D eigenvalue weighted by molar-refractivity contribution is 0.252. The molecule has 0 radical (unpaired) electrons. The highest BCUT2D eigenvalue weighted by atomic mass is 35.5. The van der Waals surface area contributed by atoms with Crippen molar-refractivity contribution in [3.8, 4) is 0 Å². The van der Waals surface area contributed by atoms with Gasteiger partial charge in [0.1, 0.15) is 5.65 Å². The maximum absolute atomic E-state index is 6.25. The number of aromatic nitrogens is 3. The predicted molar refractivity (Wildman–Crippen MR) is 118 cm³/mol. The van der Waals surface area contributed by atoms with Gasteiger partial charge in [0.25, 0.3) is 0 Å². The lowest BCUT2D eigenvalue weighted by atomic mass is 10.1. The van der Waals surface area contributed by atoms with Crippen LogP contribution in [0.15, 0.2) is 66.9 Å². The number of hydrogen-bond donors (Lipinski definition) is 0. The van der Waals surface area contributed by atoms with Crippen LogP contribution in [0.2, 0.25) is 5.02 Å². The molecule has 148 valence electrons. The van der Waals surface area contributed by atoms with Crippen LogP contribution < -0.4 is 0 Å². The van der Waals surface area contributed by atoms with E-state index < -0.39 is 0 Å². The fourth-order valence-electron chi connectivity index (χ4n) is 3.65. The molecule has 0 unspecified atom stereocenters. The molecule has 3 heterocycles. The first-order valence-corrected chi connectivity index (χ1v) is 10.3. The molecule has 0 saturated heterocycles. The summed E-state index contributed by atoms with van der Waals surface area (Å²) >= 11 is 6.25. The Labute approximate surface area is 176 Å². The van der Waals surface area contributed by atoms with E-state index in [0.717, 1.165) is 48.8 Å². The van der Waals surface area contributed by atoms with Crippen molar-refractivity contribution >= 4 is 17.2 Å². The Kier molecular flexibility index (Phi) is 5.93. The van der Waals surface area contributed by atoms with E-state index in [1.165, 1.54) is 11.3 Å². The van der Waals surface area contributed by atoms with Gasteiger partial charge in [0.2, 0.25) is 0 Å². The second kappa shape index (κ2) is 8.76. The monoisotopic (exact) mass is 404 g/mol. The van der Waals surface area contributed by atoms with Crippen molar-refractivity contribution in [3.63, 3.8) is 0 Å². The maximum atomic E-state index is 6.25. The molecule has 0 bridgehead atoms. The third-order valence-electron chi connectivity index (χ3n) is 5.15. The van der Waals surface area contributed by atoms with Gasteiger partial charge in [-0.3, -0.25) is 9.88 Å². The van der Waals surface area contributed by atoms with Crippen LogP contribution in [0.25, 0.3) is 5.65 Å². The Morgan fingerprint density at radius 2 is 1.72 bits per heavy atom. The van der Waals surface area contributed by atoms with Gasteiger partial charge in [-0.05, 0) is 50.1 Å². The molecule has 5 heteroatoms. The molecular formula is C24H25ClN4. The van der Waals surface area contributed by atoms with Gasteiger partial charge < -0.3 is 4.40 Å². The molecule has 4 nitrogen and oxygen atoms in total. The van der Waals surface area contributed by atoms with E-state index >= 15 is 0 Å². The number of benzene rings is 1. The summed E-state index contributed by atoms with van der Waals surface area (Å²) in [6, 6.07) is 20.7. The van der Waals surface area contributed by atoms with Crippen molar-refractivity contribution < 1.29 is 0 Å². The van der Waals surface area contributed by atoms with Crippen LogP contribution in [0, 0.1) is 13.8 Å². The average Bonchev–Trinajstić information content (AvgIpc) is 3.01. The zero-order chi connectivity index (χ0) is 20.2. The minimum Gasteiger partial charge on any atom is -0.301 e. The van der Waals surface area contributed by atoms with Crippen molar-refractivity contribution in [2.75, 3.05) is 6.54 Å². The van der Waals surface area contributed by atoms with E-state index in [1.807, 2.05) is 31.3 Å². The summed E-state index contributed by atoms with van der Waals surface area (Å²) < 4.78 is 2.11. The molecule has 0 N–H and O–H groups in total. The number of pyridine rings is 2. The second-order valence-electron chi connectivity index (χ2n) is 7.44. The van der Waals surface area contributed by atoms with E-state index in [0.29, 0.717) is 5.02 Å². The van der Waals surface area contributed by atoms with Gasteiger partial charge >= 0.3 is 0 Å². The molecule has 1 aromatic carbocycles. The first-order chi connectivity index (χ1) is 14.1. The number of aryl methyl sites for hydroxylation is 2. The van der Waals surface area contributed by atoms with Crippen molar-refractivity contribution in [1.82, 2.24) is 19.3 Å². The molecule has 29 heavy (non-hydrogen) atoms. The topological polar surface area (TPSA) is 33.4 Å². The third-order valence-corrected chi connectivity index (χ3v) is 5.37. The zero-order valence-corrected chi connectivity index (χ0v) is 17.6. The summed E-state index contributed by atoms with van der Waals surface area (Å²) in [7, 11) is 0. The van der Waals surface area contributed by atoms with Crippen LogP contribution in [0.3, 0.4) is 0 Å². The fraction of sp³-hybridized carbons (Fsp3) is 0.250. The number of halogens is 1. The van der Waals surface area contributed by atoms with E-state index in [1.54, 1.807) is 0 Å². The lowest BCUT2D eigenvalue weighted by Crippen LogP contribution is -2.27. The molecule has 0 amide bonds. The van der Waals surface area contributed by atoms with Gasteiger partial charge in [0.05, 0.1) is 22.1 Å². The molecular weight excluding hydrogens is 380 g/mol. The summed E-state index contributed by atoms with van der Waals surface area (Å²) in [5.41, 5.74) is 6.61. The van der Waals surface area contributed by atoms with Crippen LogP contribution in [-0.4, -0.2) is 25.8 Å². The molecule has 0 aliphatic carbocycles. The van der Waals surface area contributed by atoms with Gasteiger partial charge in [-0.25, -0.2) is 4.98 Å². The Bertz CT molecular complexity index is 1100. The SMILES string of the molecule is Cc1cccc(CN(CCc2ccccc2)Cc2c(C)nc3ccc(Cl)cn23)n1. The van der Waals surface area contributed by atoms with Crippen LogP contribution in [0.5, 0.6) is 0 Å². The van der Waals surface area contributed by atoms with Crippen LogP contribution in [0.1, 0.15) is 28.3 Å². The average molecular weight is 405 g/mol. The standard InChI is InChI=1S/C24H25ClN4/c1-18-7-6-10-22(26-18)16-28(14-13-20-8-4-3-5-9-20)17-23-19(2)27-24-12-11-21(25)15-29(23)24/h3-12,15H,13-14,16-17H2,1-2H3. The molecule has 4 rings (SSSR count). The highest BCUT2D eigenvalue weighted by Crippen LogP contribution is 2.19. The van der Waals surface area contributed by atoms with Crippen molar-refractivity contribution in [3.05, 3.63) is 100 Å². The molecule has 0 aliphatic rings. The number of rotatable bonds is 7. The Morgan fingerprint density at radius 3 is 2.52 bits per heavy atom. The first kappa shape index (κ1) is 19.6. The van der Waals surface area contributed by atoms with Gasteiger partial charge in [0, 0.05) is 31.5 Å². The summed E-state index contributed by atoms with van der Waals surface area (Å²) in [5, 5.41) is 0.715. The summed E-state index contributed by atoms with van der Waals surface area (Å²) in [6.07, 6.45) is 2.94. The van der Waals surface area contributed by atoms with Crippen molar-refractivity contribution in [2.45, 2.75) is 33.4 Å². The molecule has 0 spiro atoms. The summed E-state index contributed by atoms with van der Waals surface area (Å²) in [6.45, 7) is 6.62. The first-order valence-electron chi connectivity index (χ1n) is 9.90. The van der Waals surface area contributed by atoms with Crippen LogP contribution in [0.4, 0.5) is 0 Å². The number of nitrogens with zero attached hydrogens (tertiary/aromatic N) is 4. The van der Waals surface area contributed by atoms with E-state index in [-0.39, 0.29) is 0 Å². The highest BCUT2D eigenvalue weighted by Gasteiger charge is 2.15. The predicted octanol–water partition coefficient (Wildman–Crippen LogP) is 5.24. The minimum absolute atomic E-state index is 0.715. The second-order valence-corrected chi connectivity index (χ2v) is 7.87. The normalized spacial score (nSPS) is 11.4. The van der Waals surface area contributed by atoms with Gasteiger partial charge in [-0.1, -0.05) is 48.0 Å². The van der Waals surface area contributed by atoms with Crippen molar-refractivity contribution in [2.24, 2.45) is 0 Å². The summed E-state index contributed by atoms with van der Waals surface area (Å²) in [5.74, 6) is 0. The minimum atomic E-state index is 0.715. The number of hydrogen-bond acceptors (Lipinski definition) is 3. The van der Waals surface area contributed by atoms with Crippen molar-refractivity contribution in [1.29, 1.82) is 0 Å². The summed E-state index contributed by atoms with van der Waals surface area (Å²) in [4.78, 5) is 11.9. The largest absolute Gasteiger partial charge is 0.301 e.